The predicted octanol–water partition coefficient (Wildman–Crippen LogP) is 2.47. The van der Waals surface area contributed by atoms with Crippen LogP contribution in [0.4, 0.5) is 0 Å². The summed E-state index contributed by atoms with van der Waals surface area (Å²) >= 11 is 0. The van der Waals surface area contributed by atoms with Gasteiger partial charge in [-0.15, -0.1) is 0 Å². The van der Waals surface area contributed by atoms with E-state index in [1.165, 1.54) is 0 Å². The van der Waals surface area contributed by atoms with Crippen molar-refractivity contribution in [3.05, 3.63) is 0 Å². The molecule has 0 bridgehead atoms. The molecule has 116 valence electrons. The minimum absolute atomic E-state index is 0.149. The van der Waals surface area contributed by atoms with Crippen molar-refractivity contribution >= 4 is 0 Å². The second-order valence-electron chi connectivity index (χ2n) is 6.77. The quantitative estimate of drug-likeness (QED) is 0.588. The lowest BCUT2D eigenvalue weighted by molar-refractivity contribution is 0.0243. The largest absolute Gasteiger partial charge is 0.382 e. The van der Waals surface area contributed by atoms with Crippen LogP contribution in [0, 0.1) is 5.41 Å². The second-order valence-corrected chi connectivity index (χ2v) is 6.77. The van der Waals surface area contributed by atoms with E-state index in [1.54, 1.807) is 7.11 Å². The fourth-order valence-electron chi connectivity index (χ4n) is 2.31. The molecule has 0 saturated carbocycles. The zero-order chi connectivity index (χ0) is 14.8. The average molecular weight is 275 g/mol. The van der Waals surface area contributed by atoms with E-state index in [0.29, 0.717) is 31.8 Å². The van der Waals surface area contributed by atoms with Gasteiger partial charge in [0.25, 0.3) is 0 Å². The number of methoxy groups -OCH3 is 1. The van der Waals surface area contributed by atoms with Crippen molar-refractivity contribution < 1.29 is 14.2 Å². The van der Waals surface area contributed by atoms with E-state index in [4.69, 9.17) is 14.2 Å². The Labute approximate surface area is 119 Å². The van der Waals surface area contributed by atoms with Crippen LogP contribution < -0.4 is 5.32 Å². The number of rotatable bonds is 11. The molecule has 1 N–H and O–H groups in total. The lowest BCUT2D eigenvalue weighted by Gasteiger charge is -2.33. The van der Waals surface area contributed by atoms with Gasteiger partial charge in [-0.1, -0.05) is 20.8 Å². The van der Waals surface area contributed by atoms with Crippen molar-refractivity contribution in [1.29, 1.82) is 0 Å². The number of hydrogen-bond acceptors (Lipinski definition) is 4. The molecule has 0 heterocycles. The number of ether oxygens (including phenoxy) is 3. The Bertz CT molecular complexity index is 212. The van der Waals surface area contributed by atoms with Crippen LogP contribution in [0.1, 0.15) is 41.0 Å². The molecular weight excluding hydrogens is 242 g/mol. The van der Waals surface area contributed by atoms with Crippen LogP contribution >= 0.6 is 0 Å². The fourth-order valence-corrected chi connectivity index (χ4v) is 2.31. The van der Waals surface area contributed by atoms with Crippen molar-refractivity contribution in [2.45, 2.75) is 46.6 Å². The second kappa shape index (κ2) is 9.70. The van der Waals surface area contributed by atoms with E-state index >= 15 is 0 Å². The third kappa shape index (κ3) is 14.1. The van der Waals surface area contributed by atoms with Crippen LogP contribution in [0.25, 0.3) is 0 Å². The zero-order valence-corrected chi connectivity index (χ0v) is 13.7. The van der Waals surface area contributed by atoms with Crippen molar-refractivity contribution in [3.63, 3.8) is 0 Å². The Morgan fingerprint density at radius 3 is 1.84 bits per heavy atom. The summed E-state index contributed by atoms with van der Waals surface area (Å²) in [6.07, 6.45) is 1.14. The highest BCUT2D eigenvalue weighted by Crippen LogP contribution is 2.26. The van der Waals surface area contributed by atoms with Gasteiger partial charge in [0.1, 0.15) is 0 Å². The average Bonchev–Trinajstić information content (AvgIpc) is 2.23. The maximum Gasteiger partial charge on any atom is 0.0701 e. The molecule has 0 aliphatic carbocycles. The van der Waals surface area contributed by atoms with Gasteiger partial charge in [-0.2, -0.15) is 0 Å². The van der Waals surface area contributed by atoms with E-state index in [2.05, 4.69) is 39.9 Å². The van der Waals surface area contributed by atoms with Crippen LogP contribution in [0.5, 0.6) is 0 Å². The highest BCUT2D eigenvalue weighted by atomic mass is 16.5. The fraction of sp³-hybridized carbons (Fsp3) is 1.00. The Hall–Kier alpha value is -0.160. The zero-order valence-electron chi connectivity index (χ0n) is 13.7. The molecule has 0 radical (unpaired) electrons. The van der Waals surface area contributed by atoms with Crippen molar-refractivity contribution in [2.24, 2.45) is 5.41 Å². The molecule has 0 atom stereocenters. The molecule has 0 fully saturated rings. The first-order valence-electron chi connectivity index (χ1n) is 7.16. The summed E-state index contributed by atoms with van der Waals surface area (Å²) in [6, 6.07) is 0. The number of hydrogen-bond donors (Lipinski definition) is 1. The summed E-state index contributed by atoms with van der Waals surface area (Å²) in [5.41, 5.74) is 0.489. The summed E-state index contributed by atoms with van der Waals surface area (Å²) in [5.74, 6) is 0. The van der Waals surface area contributed by atoms with Gasteiger partial charge >= 0.3 is 0 Å². The van der Waals surface area contributed by atoms with E-state index in [-0.39, 0.29) is 5.54 Å². The minimum Gasteiger partial charge on any atom is -0.382 e. The molecular formula is C15H33NO3. The smallest absolute Gasteiger partial charge is 0.0701 e. The first-order valence-corrected chi connectivity index (χ1v) is 7.16. The molecule has 0 aromatic carbocycles. The Morgan fingerprint density at radius 2 is 1.32 bits per heavy atom. The molecule has 0 rings (SSSR count). The molecule has 0 unspecified atom stereocenters. The first kappa shape index (κ1) is 18.8. The molecule has 0 aliphatic heterocycles. The minimum atomic E-state index is 0.149. The van der Waals surface area contributed by atoms with E-state index < -0.39 is 0 Å². The van der Waals surface area contributed by atoms with Gasteiger partial charge in [0.05, 0.1) is 33.0 Å². The summed E-state index contributed by atoms with van der Waals surface area (Å²) in [7, 11) is 1.67. The molecule has 0 spiro atoms. The predicted molar refractivity (Wildman–Crippen MR) is 79.7 cm³/mol. The maximum atomic E-state index is 5.51. The molecule has 0 amide bonds. The van der Waals surface area contributed by atoms with Gasteiger partial charge in [-0.05, 0) is 25.7 Å². The molecule has 0 aromatic rings. The summed E-state index contributed by atoms with van der Waals surface area (Å²) in [4.78, 5) is 0. The third-order valence-electron chi connectivity index (χ3n) is 2.63. The first-order chi connectivity index (χ1) is 8.77. The third-order valence-corrected chi connectivity index (χ3v) is 2.63. The lowest BCUT2D eigenvalue weighted by atomic mass is 9.82. The maximum absolute atomic E-state index is 5.51. The molecule has 4 heteroatoms. The standard InChI is InChI=1S/C15H33NO3/c1-14(2,3)13-15(4,5)16-7-8-18-11-12-19-10-9-17-6/h16H,7-13H2,1-6H3. The van der Waals surface area contributed by atoms with Crippen molar-refractivity contribution in [3.8, 4) is 0 Å². The topological polar surface area (TPSA) is 39.7 Å². The SMILES string of the molecule is COCCOCCOCCNC(C)(C)CC(C)(C)C. The van der Waals surface area contributed by atoms with Crippen LogP contribution in [-0.4, -0.2) is 52.2 Å². The van der Waals surface area contributed by atoms with Gasteiger partial charge in [-0.25, -0.2) is 0 Å². The van der Waals surface area contributed by atoms with Gasteiger partial charge in [0.15, 0.2) is 0 Å². The van der Waals surface area contributed by atoms with E-state index in [9.17, 15) is 0 Å². The molecule has 4 nitrogen and oxygen atoms in total. The monoisotopic (exact) mass is 275 g/mol. The number of nitrogens with one attached hydrogen (secondary N) is 1. The molecule has 0 saturated heterocycles. The Balaban J connectivity index is 3.43. The van der Waals surface area contributed by atoms with Crippen LogP contribution in [0.2, 0.25) is 0 Å². The molecule has 0 aliphatic rings. The molecule has 0 aromatic heterocycles. The van der Waals surface area contributed by atoms with Gasteiger partial charge < -0.3 is 19.5 Å². The van der Waals surface area contributed by atoms with Crippen LogP contribution in [0.15, 0.2) is 0 Å². The van der Waals surface area contributed by atoms with Gasteiger partial charge in [-0.3, -0.25) is 0 Å². The van der Waals surface area contributed by atoms with Crippen LogP contribution in [-0.2, 0) is 14.2 Å². The normalized spacial score (nSPS) is 12.9. The summed E-state index contributed by atoms with van der Waals surface area (Å²) < 4.78 is 15.7. The Morgan fingerprint density at radius 1 is 0.789 bits per heavy atom. The van der Waals surface area contributed by atoms with E-state index in [1.807, 2.05) is 0 Å². The van der Waals surface area contributed by atoms with Crippen molar-refractivity contribution in [1.82, 2.24) is 5.32 Å². The Kier molecular flexibility index (Phi) is 9.62. The van der Waals surface area contributed by atoms with Crippen molar-refractivity contribution in [2.75, 3.05) is 46.7 Å². The highest BCUT2D eigenvalue weighted by molar-refractivity contribution is 4.82. The van der Waals surface area contributed by atoms with E-state index in [0.717, 1.165) is 19.6 Å². The highest BCUT2D eigenvalue weighted by Gasteiger charge is 2.24. The van der Waals surface area contributed by atoms with Gasteiger partial charge in [0, 0.05) is 19.2 Å². The van der Waals surface area contributed by atoms with Crippen LogP contribution in [0.3, 0.4) is 0 Å². The lowest BCUT2D eigenvalue weighted by Crippen LogP contribution is -2.43. The van der Waals surface area contributed by atoms with Gasteiger partial charge in [0.2, 0.25) is 0 Å². The summed E-state index contributed by atoms with van der Waals surface area (Å²) in [6.45, 7) is 15.4. The summed E-state index contributed by atoms with van der Waals surface area (Å²) in [5, 5.41) is 3.54. The molecule has 19 heavy (non-hydrogen) atoms.